The van der Waals surface area contributed by atoms with Gasteiger partial charge in [0.1, 0.15) is 12.4 Å². The lowest BCUT2D eigenvalue weighted by molar-refractivity contribution is 0.0958. The SMILES string of the molecule is C[Si](C)(O)CNC(=O)c1ccc(OCCN)cc1. The van der Waals surface area contributed by atoms with Gasteiger partial charge < -0.3 is 20.6 Å². The van der Waals surface area contributed by atoms with Gasteiger partial charge in [0.25, 0.3) is 5.91 Å². The summed E-state index contributed by atoms with van der Waals surface area (Å²) in [6.07, 6.45) is 0.345. The third kappa shape index (κ3) is 5.31. The molecule has 0 aliphatic rings. The summed E-state index contributed by atoms with van der Waals surface area (Å²) in [5.41, 5.74) is 5.88. The van der Waals surface area contributed by atoms with Crippen LogP contribution in [0.15, 0.2) is 24.3 Å². The van der Waals surface area contributed by atoms with E-state index in [1.54, 1.807) is 37.4 Å². The lowest BCUT2D eigenvalue weighted by Gasteiger charge is -2.14. The number of carbonyl (C=O) groups excluding carboxylic acids is 1. The Hall–Kier alpha value is -1.37. The van der Waals surface area contributed by atoms with E-state index < -0.39 is 8.32 Å². The van der Waals surface area contributed by atoms with Crippen LogP contribution in [0.4, 0.5) is 0 Å². The van der Waals surface area contributed by atoms with Crippen molar-refractivity contribution in [2.45, 2.75) is 13.1 Å². The van der Waals surface area contributed by atoms with Gasteiger partial charge in [0.2, 0.25) is 8.32 Å². The number of hydrogen-bond acceptors (Lipinski definition) is 4. The molecule has 0 spiro atoms. The van der Waals surface area contributed by atoms with E-state index in [0.717, 1.165) is 0 Å². The highest BCUT2D eigenvalue weighted by Gasteiger charge is 2.18. The van der Waals surface area contributed by atoms with Gasteiger partial charge in [-0.3, -0.25) is 4.79 Å². The maximum absolute atomic E-state index is 11.8. The average Bonchev–Trinajstić information content (AvgIpc) is 2.33. The largest absolute Gasteiger partial charge is 0.492 e. The first-order valence-corrected chi connectivity index (χ1v) is 9.01. The van der Waals surface area contributed by atoms with Gasteiger partial charge in [-0.25, -0.2) is 0 Å². The van der Waals surface area contributed by atoms with Crippen molar-refractivity contribution < 1.29 is 14.3 Å². The molecule has 1 rings (SSSR count). The van der Waals surface area contributed by atoms with Crippen molar-refractivity contribution >= 4 is 14.2 Å². The van der Waals surface area contributed by atoms with E-state index in [-0.39, 0.29) is 5.91 Å². The number of nitrogens with one attached hydrogen (secondary N) is 1. The Morgan fingerprint density at radius 3 is 2.50 bits per heavy atom. The van der Waals surface area contributed by atoms with Crippen molar-refractivity contribution in [3.8, 4) is 5.75 Å². The first-order valence-electron chi connectivity index (χ1n) is 5.86. The van der Waals surface area contributed by atoms with Crippen molar-refractivity contribution in [1.82, 2.24) is 5.32 Å². The summed E-state index contributed by atoms with van der Waals surface area (Å²) < 4.78 is 5.31. The fourth-order valence-corrected chi connectivity index (χ4v) is 1.87. The minimum absolute atomic E-state index is 0.185. The molecule has 0 aromatic heterocycles. The summed E-state index contributed by atoms with van der Waals surface area (Å²) in [5.74, 6) is 0.504. The number of carbonyl (C=O) groups is 1. The van der Waals surface area contributed by atoms with Crippen LogP contribution in [-0.2, 0) is 0 Å². The van der Waals surface area contributed by atoms with Gasteiger partial charge in [-0.1, -0.05) is 0 Å². The van der Waals surface area contributed by atoms with Crippen LogP contribution in [-0.4, -0.2) is 38.3 Å². The van der Waals surface area contributed by atoms with E-state index in [4.69, 9.17) is 10.5 Å². The third-order valence-electron chi connectivity index (χ3n) is 2.18. The zero-order valence-electron chi connectivity index (χ0n) is 10.8. The first kappa shape index (κ1) is 14.7. The molecule has 1 aromatic carbocycles. The van der Waals surface area contributed by atoms with Crippen LogP contribution in [0.3, 0.4) is 0 Å². The molecule has 0 fully saturated rings. The average molecular weight is 268 g/mol. The van der Waals surface area contributed by atoms with Crippen LogP contribution in [0.5, 0.6) is 5.75 Å². The number of hydrogen-bond donors (Lipinski definition) is 3. The number of amides is 1. The summed E-state index contributed by atoms with van der Waals surface area (Å²) in [4.78, 5) is 21.4. The highest BCUT2D eigenvalue weighted by molar-refractivity contribution is 6.70. The normalized spacial score (nSPS) is 11.1. The molecule has 1 aromatic rings. The van der Waals surface area contributed by atoms with Gasteiger partial charge in [0.05, 0.1) is 0 Å². The predicted octanol–water partition coefficient (Wildman–Crippen LogP) is 0.491. The van der Waals surface area contributed by atoms with Gasteiger partial charge in [0, 0.05) is 18.3 Å². The predicted molar refractivity (Wildman–Crippen MR) is 73.0 cm³/mol. The molecular formula is C12H20N2O3Si. The number of benzene rings is 1. The Bertz CT molecular complexity index is 387. The van der Waals surface area contributed by atoms with Gasteiger partial charge in [-0.05, 0) is 37.4 Å². The molecule has 100 valence electrons. The molecular weight excluding hydrogens is 248 g/mol. The molecule has 0 aliphatic carbocycles. The van der Waals surface area contributed by atoms with Crippen LogP contribution in [0.2, 0.25) is 13.1 Å². The van der Waals surface area contributed by atoms with E-state index in [9.17, 15) is 9.59 Å². The molecule has 1 amide bonds. The molecule has 0 radical (unpaired) electrons. The van der Waals surface area contributed by atoms with E-state index >= 15 is 0 Å². The maximum atomic E-state index is 11.8. The topological polar surface area (TPSA) is 84.6 Å². The molecule has 18 heavy (non-hydrogen) atoms. The molecule has 0 heterocycles. The van der Waals surface area contributed by atoms with Crippen LogP contribution in [0, 0.1) is 0 Å². The highest BCUT2D eigenvalue weighted by Crippen LogP contribution is 2.11. The molecule has 0 bridgehead atoms. The maximum Gasteiger partial charge on any atom is 0.251 e. The smallest absolute Gasteiger partial charge is 0.251 e. The van der Waals surface area contributed by atoms with Crippen LogP contribution in [0.25, 0.3) is 0 Å². The van der Waals surface area contributed by atoms with Crippen molar-refractivity contribution in [2.75, 3.05) is 19.3 Å². The second-order valence-electron chi connectivity index (χ2n) is 4.66. The molecule has 0 unspecified atom stereocenters. The Balaban J connectivity index is 2.54. The number of nitrogens with two attached hydrogens (primary N) is 1. The van der Waals surface area contributed by atoms with Gasteiger partial charge in [-0.2, -0.15) is 0 Å². The highest BCUT2D eigenvalue weighted by atomic mass is 28.4. The first-order chi connectivity index (χ1) is 8.42. The Morgan fingerprint density at radius 2 is 2.00 bits per heavy atom. The fourth-order valence-electron chi connectivity index (χ4n) is 1.28. The van der Waals surface area contributed by atoms with Crippen molar-refractivity contribution in [2.24, 2.45) is 5.73 Å². The molecule has 5 nitrogen and oxygen atoms in total. The quantitative estimate of drug-likeness (QED) is 0.656. The molecule has 0 saturated carbocycles. The van der Waals surface area contributed by atoms with Crippen LogP contribution >= 0.6 is 0 Å². The summed E-state index contributed by atoms with van der Waals surface area (Å²) in [6.45, 7) is 4.46. The minimum atomic E-state index is -2.25. The zero-order chi connectivity index (χ0) is 13.6. The lowest BCUT2D eigenvalue weighted by atomic mass is 10.2. The summed E-state index contributed by atoms with van der Waals surface area (Å²) in [5, 5.41) is 2.71. The summed E-state index contributed by atoms with van der Waals surface area (Å²) in [6, 6.07) is 6.83. The van der Waals surface area contributed by atoms with E-state index in [2.05, 4.69) is 5.32 Å². The minimum Gasteiger partial charge on any atom is -0.492 e. The van der Waals surface area contributed by atoms with Crippen LogP contribution < -0.4 is 15.8 Å². The van der Waals surface area contributed by atoms with Gasteiger partial charge in [0.15, 0.2) is 0 Å². The van der Waals surface area contributed by atoms with E-state index in [0.29, 0.717) is 30.6 Å². The molecule has 0 aliphatic heterocycles. The molecule has 6 heteroatoms. The second kappa shape index (κ2) is 6.53. The van der Waals surface area contributed by atoms with E-state index in [1.807, 2.05) is 0 Å². The molecule has 4 N–H and O–H groups in total. The Labute approximate surface area is 108 Å². The molecule has 0 atom stereocenters. The van der Waals surface area contributed by atoms with Gasteiger partial charge >= 0.3 is 0 Å². The van der Waals surface area contributed by atoms with Crippen molar-refractivity contribution in [1.29, 1.82) is 0 Å². The number of rotatable bonds is 6. The second-order valence-corrected chi connectivity index (χ2v) is 8.64. The fraction of sp³-hybridized carbons (Fsp3) is 0.417. The van der Waals surface area contributed by atoms with Crippen molar-refractivity contribution in [3.63, 3.8) is 0 Å². The van der Waals surface area contributed by atoms with E-state index in [1.165, 1.54) is 0 Å². The summed E-state index contributed by atoms with van der Waals surface area (Å²) in [7, 11) is -2.25. The van der Waals surface area contributed by atoms with Gasteiger partial charge in [-0.15, -0.1) is 0 Å². The molecule has 0 saturated heterocycles. The third-order valence-corrected chi connectivity index (χ3v) is 3.23. The monoisotopic (exact) mass is 268 g/mol. The lowest BCUT2D eigenvalue weighted by Crippen LogP contribution is -2.42. The Morgan fingerprint density at radius 1 is 1.39 bits per heavy atom. The zero-order valence-corrected chi connectivity index (χ0v) is 11.8. The van der Waals surface area contributed by atoms with Crippen molar-refractivity contribution in [3.05, 3.63) is 29.8 Å². The summed E-state index contributed by atoms with van der Waals surface area (Å²) >= 11 is 0. The standard InChI is InChI=1S/C12H20N2O3Si/c1-18(2,16)9-14-12(15)10-3-5-11(6-4-10)17-8-7-13/h3-6,16H,7-9,13H2,1-2H3,(H,14,15). The Kier molecular flexibility index (Phi) is 5.33. The van der Waals surface area contributed by atoms with Crippen LogP contribution in [0.1, 0.15) is 10.4 Å². The number of ether oxygens (including phenoxy) is 1.